The molecule has 0 spiro atoms. The van der Waals surface area contributed by atoms with E-state index in [1.54, 1.807) is 0 Å². The van der Waals surface area contributed by atoms with E-state index in [1.165, 1.54) is 32.1 Å². The molecule has 0 amide bonds. The van der Waals surface area contributed by atoms with Gasteiger partial charge in [0.25, 0.3) is 0 Å². The molecule has 21 heavy (non-hydrogen) atoms. The summed E-state index contributed by atoms with van der Waals surface area (Å²) < 4.78 is 0. The maximum atomic E-state index is 10.3. The van der Waals surface area contributed by atoms with Crippen molar-refractivity contribution >= 4 is 43.7 Å². The normalized spacial score (nSPS) is 11.5. The van der Waals surface area contributed by atoms with Crippen molar-refractivity contribution in [2.75, 3.05) is 0 Å². The summed E-state index contributed by atoms with van der Waals surface area (Å²) in [4.78, 5) is 10.3. The van der Waals surface area contributed by atoms with Gasteiger partial charge in [0.05, 0.1) is 0 Å². The fraction of sp³-hybridized carbons (Fsp3) is 0.611. The number of carboxylic acid groups (broad SMARTS) is 1. The van der Waals surface area contributed by atoms with Crippen LogP contribution in [0.2, 0.25) is 0 Å². The molecule has 0 rings (SSSR count). The maximum absolute atomic E-state index is 10.3. The number of carboxylic acids is 1. The Balaban J connectivity index is 0. The van der Waals surface area contributed by atoms with E-state index in [2.05, 4.69) is 43.4 Å². The average Bonchev–Trinajstić information content (AvgIpc) is 2.43. The zero-order chi connectivity index (χ0) is 14.9. The molecule has 0 saturated heterocycles. The van der Waals surface area contributed by atoms with Gasteiger partial charge in [-0.1, -0.05) is 75.5 Å². The van der Waals surface area contributed by atoms with E-state index in [-0.39, 0.29) is 37.7 Å². The van der Waals surface area contributed by atoms with Gasteiger partial charge in [-0.3, -0.25) is 4.79 Å². The second kappa shape index (κ2) is 19.9. The molecule has 0 unspecified atom stereocenters. The van der Waals surface area contributed by atoms with Gasteiger partial charge in [0.2, 0.25) is 0 Å². The van der Waals surface area contributed by atoms with Crippen LogP contribution in [-0.4, -0.2) is 48.8 Å². The summed E-state index contributed by atoms with van der Waals surface area (Å²) in [6, 6.07) is 0. The van der Waals surface area contributed by atoms with E-state index in [0.29, 0.717) is 6.42 Å². The predicted molar refractivity (Wildman–Crippen MR) is 95.4 cm³/mol. The van der Waals surface area contributed by atoms with E-state index < -0.39 is 5.97 Å². The van der Waals surface area contributed by atoms with Gasteiger partial charge in [0, 0.05) is 6.42 Å². The molecule has 3 heteroatoms. The van der Waals surface area contributed by atoms with Crippen LogP contribution in [0.25, 0.3) is 0 Å². The summed E-state index contributed by atoms with van der Waals surface area (Å²) >= 11 is 0. The second-order valence-corrected chi connectivity index (χ2v) is 5.08. The van der Waals surface area contributed by atoms with Crippen LogP contribution in [0.15, 0.2) is 36.5 Å². The van der Waals surface area contributed by atoms with Crippen LogP contribution in [0.1, 0.15) is 71.1 Å². The number of unbranched alkanes of at least 4 members (excludes halogenated alkanes) is 7. The van der Waals surface area contributed by atoms with Gasteiger partial charge in [-0.05, 0) is 25.7 Å². The van der Waals surface area contributed by atoms with Crippen molar-refractivity contribution < 1.29 is 9.90 Å². The molecule has 0 aliphatic heterocycles. The van der Waals surface area contributed by atoms with E-state index in [0.717, 1.165) is 25.7 Å². The summed E-state index contributed by atoms with van der Waals surface area (Å²) in [5.74, 6) is -0.677. The van der Waals surface area contributed by atoms with Crippen molar-refractivity contribution in [2.45, 2.75) is 71.1 Å². The fourth-order valence-electron chi connectivity index (χ4n) is 1.87. The molecule has 0 saturated carbocycles. The van der Waals surface area contributed by atoms with Crippen LogP contribution >= 0.6 is 0 Å². The van der Waals surface area contributed by atoms with Gasteiger partial charge < -0.3 is 5.11 Å². The van der Waals surface area contributed by atoms with E-state index in [4.69, 9.17) is 5.11 Å². The van der Waals surface area contributed by atoms with Crippen LogP contribution in [0.5, 0.6) is 0 Å². The first-order valence-corrected chi connectivity index (χ1v) is 7.97. The average molecular weight is 321 g/mol. The number of allylic oxidation sites excluding steroid dienone is 6. The SMILES string of the molecule is CCCCC=CC=CC=CCCCCCCCC(=O)O.[CaH2]. The van der Waals surface area contributed by atoms with Gasteiger partial charge in [0.15, 0.2) is 0 Å². The molecule has 0 fully saturated rings. The van der Waals surface area contributed by atoms with Crippen molar-refractivity contribution in [1.29, 1.82) is 0 Å². The molecule has 1 N–H and O–H groups in total. The molecule has 0 atom stereocenters. The number of hydrogen-bond acceptors (Lipinski definition) is 1. The number of carbonyl (C=O) groups is 1. The summed E-state index contributed by atoms with van der Waals surface area (Å²) in [5.41, 5.74) is 0. The zero-order valence-corrected chi connectivity index (χ0v) is 12.9. The minimum absolute atomic E-state index is 0. The fourth-order valence-corrected chi connectivity index (χ4v) is 1.87. The Morgan fingerprint density at radius 3 is 1.90 bits per heavy atom. The number of rotatable bonds is 13. The monoisotopic (exact) mass is 320 g/mol. The van der Waals surface area contributed by atoms with Gasteiger partial charge in [0.1, 0.15) is 0 Å². The third-order valence-corrected chi connectivity index (χ3v) is 3.09. The van der Waals surface area contributed by atoms with Crippen LogP contribution in [0, 0.1) is 0 Å². The Morgan fingerprint density at radius 1 is 0.810 bits per heavy atom. The quantitative estimate of drug-likeness (QED) is 0.302. The van der Waals surface area contributed by atoms with E-state index in [9.17, 15) is 4.79 Å². The summed E-state index contributed by atoms with van der Waals surface area (Å²) in [7, 11) is 0. The van der Waals surface area contributed by atoms with Crippen molar-refractivity contribution in [3.05, 3.63) is 36.5 Å². The Kier molecular flexibility index (Phi) is 22.1. The molecular formula is C18H32CaO2. The molecule has 0 heterocycles. The Morgan fingerprint density at radius 2 is 1.33 bits per heavy atom. The summed E-state index contributed by atoms with van der Waals surface area (Å²) in [6.45, 7) is 2.21. The minimum atomic E-state index is -0.677. The number of hydrogen-bond donors (Lipinski definition) is 1. The molecule has 0 aromatic rings. The molecule has 0 aromatic heterocycles. The predicted octanol–water partition coefficient (Wildman–Crippen LogP) is 4.74. The topological polar surface area (TPSA) is 37.3 Å². The molecular weight excluding hydrogens is 288 g/mol. The Hall–Kier alpha value is -0.0503. The molecule has 0 aromatic carbocycles. The van der Waals surface area contributed by atoms with Crippen LogP contribution < -0.4 is 0 Å². The van der Waals surface area contributed by atoms with Crippen molar-refractivity contribution in [2.24, 2.45) is 0 Å². The van der Waals surface area contributed by atoms with Crippen LogP contribution in [0.4, 0.5) is 0 Å². The molecule has 2 nitrogen and oxygen atoms in total. The third-order valence-electron chi connectivity index (χ3n) is 3.09. The van der Waals surface area contributed by atoms with Crippen LogP contribution in [0.3, 0.4) is 0 Å². The number of aliphatic carboxylic acids is 1. The first kappa shape index (κ1) is 23.2. The summed E-state index contributed by atoms with van der Waals surface area (Å²) in [5, 5.41) is 8.50. The van der Waals surface area contributed by atoms with E-state index in [1.807, 2.05) is 0 Å². The van der Waals surface area contributed by atoms with Gasteiger partial charge >= 0.3 is 43.7 Å². The van der Waals surface area contributed by atoms with Crippen molar-refractivity contribution in [3.63, 3.8) is 0 Å². The Labute approximate surface area is 160 Å². The second-order valence-electron chi connectivity index (χ2n) is 5.08. The van der Waals surface area contributed by atoms with E-state index >= 15 is 0 Å². The first-order chi connectivity index (χ1) is 9.77. The van der Waals surface area contributed by atoms with Crippen LogP contribution in [-0.2, 0) is 4.79 Å². The summed E-state index contributed by atoms with van der Waals surface area (Å²) in [6.07, 6.45) is 23.3. The molecule has 0 aliphatic rings. The third kappa shape index (κ3) is 22.4. The van der Waals surface area contributed by atoms with Gasteiger partial charge in [-0.25, -0.2) is 0 Å². The first-order valence-electron chi connectivity index (χ1n) is 7.97. The molecule has 0 aliphatic carbocycles. The van der Waals surface area contributed by atoms with Gasteiger partial charge in [-0.2, -0.15) is 0 Å². The molecule has 118 valence electrons. The Bertz CT molecular complexity index is 306. The van der Waals surface area contributed by atoms with Crippen molar-refractivity contribution in [1.82, 2.24) is 0 Å². The standard InChI is InChI=1S/C18H30O2.Ca.2H/c1-2-3-4-5-6-7-8-9-10-11-12-13-14-15-16-17-18(19)20;;;/h5-10H,2-4,11-17H2,1H3,(H,19,20);;;. The molecule has 0 bridgehead atoms. The molecule has 0 radical (unpaired) electrons. The zero-order valence-electron chi connectivity index (χ0n) is 12.9. The van der Waals surface area contributed by atoms with Crippen molar-refractivity contribution in [3.8, 4) is 0 Å². The van der Waals surface area contributed by atoms with Gasteiger partial charge in [-0.15, -0.1) is 0 Å².